The van der Waals surface area contributed by atoms with E-state index in [1.165, 1.54) is 4.90 Å². The van der Waals surface area contributed by atoms with Crippen LogP contribution in [0.4, 0.5) is 9.59 Å². The molecule has 0 atom stereocenters. The molecule has 1 rings (SSSR count). The molecule has 1 N–H and O–H groups in total. The van der Waals surface area contributed by atoms with Gasteiger partial charge in [-0.2, -0.15) is 0 Å². The van der Waals surface area contributed by atoms with Crippen LogP contribution in [0.2, 0.25) is 0 Å². The van der Waals surface area contributed by atoms with Crippen molar-refractivity contribution in [1.82, 2.24) is 9.80 Å². The molecular weight excluding hydrogens is 224 g/mol. The number of carboxylic acid groups (broad SMARTS) is 1. The van der Waals surface area contributed by atoms with Gasteiger partial charge in [0.05, 0.1) is 0 Å². The SMILES string of the molecule is CC(C)(C)OC(=O)N1CCCN(C(=O)O)CC1. The average molecular weight is 244 g/mol. The van der Waals surface area contributed by atoms with Crippen molar-refractivity contribution in [3.63, 3.8) is 0 Å². The Bertz CT molecular complexity index is 298. The van der Waals surface area contributed by atoms with E-state index in [0.717, 1.165) is 0 Å². The number of hydrogen-bond donors (Lipinski definition) is 1. The Labute approximate surface area is 101 Å². The van der Waals surface area contributed by atoms with Gasteiger partial charge in [-0.1, -0.05) is 0 Å². The van der Waals surface area contributed by atoms with Crippen molar-refractivity contribution < 1.29 is 19.4 Å². The largest absolute Gasteiger partial charge is 0.465 e. The molecule has 0 saturated carbocycles. The van der Waals surface area contributed by atoms with Gasteiger partial charge in [0.2, 0.25) is 0 Å². The molecule has 0 aromatic carbocycles. The third-order valence-corrected chi connectivity index (χ3v) is 2.42. The normalized spacial score (nSPS) is 17.6. The van der Waals surface area contributed by atoms with Crippen LogP contribution in [0.25, 0.3) is 0 Å². The number of carbonyl (C=O) groups is 2. The van der Waals surface area contributed by atoms with Gasteiger partial charge in [0.15, 0.2) is 0 Å². The molecule has 6 nitrogen and oxygen atoms in total. The van der Waals surface area contributed by atoms with E-state index >= 15 is 0 Å². The number of carbonyl (C=O) groups excluding carboxylic acids is 1. The van der Waals surface area contributed by atoms with Gasteiger partial charge < -0.3 is 19.6 Å². The van der Waals surface area contributed by atoms with Crippen LogP contribution >= 0.6 is 0 Å². The van der Waals surface area contributed by atoms with Gasteiger partial charge in [0.1, 0.15) is 5.60 Å². The minimum atomic E-state index is -0.934. The summed E-state index contributed by atoms with van der Waals surface area (Å²) in [6.45, 7) is 7.17. The second kappa shape index (κ2) is 5.25. The molecule has 1 aliphatic heterocycles. The zero-order valence-corrected chi connectivity index (χ0v) is 10.6. The van der Waals surface area contributed by atoms with Gasteiger partial charge in [-0.05, 0) is 27.2 Å². The highest BCUT2D eigenvalue weighted by Crippen LogP contribution is 2.12. The minimum absolute atomic E-state index is 0.342. The van der Waals surface area contributed by atoms with Crippen LogP contribution in [-0.4, -0.2) is 58.9 Å². The maximum absolute atomic E-state index is 11.8. The molecule has 17 heavy (non-hydrogen) atoms. The standard InChI is InChI=1S/C11H20N2O4/c1-11(2,3)17-10(16)13-6-4-5-12(7-8-13)9(14)15/h4-8H2,1-3H3,(H,14,15). The first-order chi connectivity index (χ1) is 7.79. The Morgan fingerprint density at radius 1 is 1.06 bits per heavy atom. The Morgan fingerprint density at radius 2 is 1.59 bits per heavy atom. The Balaban J connectivity index is 2.51. The third-order valence-electron chi connectivity index (χ3n) is 2.42. The van der Waals surface area contributed by atoms with Crippen molar-refractivity contribution in [2.24, 2.45) is 0 Å². The fraction of sp³-hybridized carbons (Fsp3) is 0.818. The molecule has 1 fully saturated rings. The number of hydrogen-bond acceptors (Lipinski definition) is 3. The van der Waals surface area contributed by atoms with Crippen LogP contribution in [0.3, 0.4) is 0 Å². The molecule has 0 unspecified atom stereocenters. The summed E-state index contributed by atoms with van der Waals surface area (Å²) < 4.78 is 5.25. The van der Waals surface area contributed by atoms with Crippen molar-refractivity contribution in [1.29, 1.82) is 0 Å². The maximum atomic E-state index is 11.8. The maximum Gasteiger partial charge on any atom is 0.410 e. The van der Waals surface area contributed by atoms with Crippen LogP contribution in [0, 0.1) is 0 Å². The minimum Gasteiger partial charge on any atom is -0.465 e. The molecule has 6 heteroatoms. The third kappa shape index (κ3) is 4.50. The summed E-state index contributed by atoms with van der Waals surface area (Å²) in [5, 5.41) is 8.87. The first-order valence-corrected chi connectivity index (χ1v) is 5.75. The molecule has 0 aromatic rings. The summed E-state index contributed by atoms with van der Waals surface area (Å²) >= 11 is 0. The lowest BCUT2D eigenvalue weighted by molar-refractivity contribution is 0.0257. The molecule has 98 valence electrons. The van der Waals surface area contributed by atoms with Crippen molar-refractivity contribution >= 4 is 12.2 Å². The number of nitrogens with zero attached hydrogens (tertiary/aromatic N) is 2. The topological polar surface area (TPSA) is 70.1 Å². The van der Waals surface area contributed by atoms with Crippen LogP contribution in [0.1, 0.15) is 27.2 Å². The fourth-order valence-electron chi connectivity index (χ4n) is 1.62. The van der Waals surface area contributed by atoms with Crippen LogP contribution in [0.15, 0.2) is 0 Å². The summed E-state index contributed by atoms with van der Waals surface area (Å²) in [6.07, 6.45) is -0.660. The van der Waals surface area contributed by atoms with Gasteiger partial charge >= 0.3 is 12.2 Å². The molecule has 1 aliphatic rings. The lowest BCUT2D eigenvalue weighted by atomic mass is 10.2. The van der Waals surface area contributed by atoms with Crippen molar-refractivity contribution in [2.45, 2.75) is 32.8 Å². The summed E-state index contributed by atoms with van der Waals surface area (Å²) in [7, 11) is 0. The zero-order valence-electron chi connectivity index (χ0n) is 10.6. The molecule has 0 aromatic heterocycles. The van der Waals surface area contributed by atoms with Gasteiger partial charge in [0, 0.05) is 26.2 Å². The molecule has 0 bridgehead atoms. The monoisotopic (exact) mass is 244 g/mol. The van der Waals surface area contributed by atoms with E-state index in [-0.39, 0.29) is 6.09 Å². The molecule has 0 aliphatic carbocycles. The van der Waals surface area contributed by atoms with E-state index in [1.807, 2.05) is 20.8 Å². The molecule has 2 amide bonds. The molecule has 0 spiro atoms. The predicted molar refractivity (Wildman–Crippen MR) is 62.0 cm³/mol. The molecule has 1 saturated heterocycles. The zero-order chi connectivity index (χ0) is 13.1. The van der Waals surface area contributed by atoms with Crippen molar-refractivity contribution in [2.75, 3.05) is 26.2 Å². The predicted octanol–water partition coefficient (Wildman–Crippen LogP) is 1.61. The van der Waals surface area contributed by atoms with Crippen molar-refractivity contribution in [3.8, 4) is 0 Å². The Kier molecular flexibility index (Phi) is 4.20. The quantitative estimate of drug-likeness (QED) is 0.702. The Morgan fingerprint density at radius 3 is 2.12 bits per heavy atom. The van der Waals surface area contributed by atoms with E-state index in [1.54, 1.807) is 4.90 Å². The summed E-state index contributed by atoms with van der Waals surface area (Å²) in [6, 6.07) is 0. The lowest BCUT2D eigenvalue weighted by Crippen LogP contribution is -2.39. The lowest BCUT2D eigenvalue weighted by Gasteiger charge is -2.26. The number of ether oxygens (including phenoxy) is 1. The highest BCUT2D eigenvalue weighted by molar-refractivity contribution is 5.69. The summed E-state index contributed by atoms with van der Waals surface area (Å²) in [5.41, 5.74) is -0.518. The van der Waals surface area contributed by atoms with Crippen LogP contribution < -0.4 is 0 Å². The van der Waals surface area contributed by atoms with Gasteiger partial charge in [-0.15, -0.1) is 0 Å². The summed E-state index contributed by atoms with van der Waals surface area (Å²) in [5.74, 6) is 0. The van der Waals surface area contributed by atoms with E-state index in [2.05, 4.69) is 0 Å². The molecule has 1 heterocycles. The Hall–Kier alpha value is -1.46. The van der Waals surface area contributed by atoms with Gasteiger partial charge in [-0.3, -0.25) is 0 Å². The smallest absolute Gasteiger partial charge is 0.410 e. The molecular formula is C11H20N2O4. The number of rotatable bonds is 0. The average Bonchev–Trinajstić information content (AvgIpc) is 2.39. The van der Waals surface area contributed by atoms with Crippen LogP contribution in [-0.2, 0) is 4.74 Å². The number of amides is 2. The first-order valence-electron chi connectivity index (χ1n) is 5.75. The second-order valence-electron chi connectivity index (χ2n) is 5.09. The van der Waals surface area contributed by atoms with E-state index in [4.69, 9.17) is 9.84 Å². The van der Waals surface area contributed by atoms with E-state index < -0.39 is 11.7 Å². The van der Waals surface area contributed by atoms with Gasteiger partial charge in [-0.25, -0.2) is 9.59 Å². The van der Waals surface area contributed by atoms with Crippen molar-refractivity contribution in [3.05, 3.63) is 0 Å². The molecule has 0 radical (unpaired) electrons. The highest BCUT2D eigenvalue weighted by atomic mass is 16.6. The van der Waals surface area contributed by atoms with Gasteiger partial charge in [0.25, 0.3) is 0 Å². The first kappa shape index (κ1) is 13.6. The fourth-order valence-corrected chi connectivity index (χ4v) is 1.62. The van der Waals surface area contributed by atoms with E-state index in [9.17, 15) is 9.59 Å². The van der Waals surface area contributed by atoms with Crippen LogP contribution in [0.5, 0.6) is 0 Å². The highest BCUT2D eigenvalue weighted by Gasteiger charge is 2.25. The summed E-state index contributed by atoms with van der Waals surface area (Å²) in [4.78, 5) is 25.5. The van der Waals surface area contributed by atoms with E-state index in [0.29, 0.717) is 32.6 Å². The second-order valence-corrected chi connectivity index (χ2v) is 5.09.